The molecule has 312 valence electrons. The van der Waals surface area contributed by atoms with Crippen molar-refractivity contribution in [3.8, 4) is 0 Å². The third-order valence-corrected chi connectivity index (χ3v) is 9.03. The molecule has 0 spiro atoms. The van der Waals surface area contributed by atoms with Gasteiger partial charge in [0.1, 0.15) is 0 Å². The van der Waals surface area contributed by atoms with Crippen molar-refractivity contribution in [3.05, 3.63) is 77.6 Å². The maximum atomic E-state index is 12.7. The van der Waals surface area contributed by atoms with Gasteiger partial charge in [-0.2, -0.15) is 9.97 Å². The van der Waals surface area contributed by atoms with Crippen molar-refractivity contribution in [3.63, 3.8) is 0 Å². The molecule has 0 bridgehead atoms. The largest absolute Gasteiger partial charge is 0.379 e. The number of nitrogens with one attached hydrogen (secondary N) is 6. The van der Waals surface area contributed by atoms with Gasteiger partial charge in [0.15, 0.2) is 17.0 Å². The van der Waals surface area contributed by atoms with Crippen LogP contribution in [0.2, 0.25) is 0 Å². The first kappa shape index (κ1) is 44.8. The van der Waals surface area contributed by atoms with Crippen LogP contribution >= 0.6 is 0 Å². The van der Waals surface area contributed by atoms with Crippen LogP contribution in [0.1, 0.15) is 86.2 Å². The summed E-state index contributed by atoms with van der Waals surface area (Å²) in [6.07, 6.45) is 3.84. The first-order valence-electron chi connectivity index (χ1n) is 19.5. The topological polar surface area (TPSA) is 236 Å². The minimum Gasteiger partial charge on any atom is -0.379 e. The predicted octanol–water partition coefficient (Wildman–Crippen LogP) is 3.59. The Labute approximate surface area is 339 Å². The third-order valence-electron chi connectivity index (χ3n) is 9.03. The van der Waals surface area contributed by atoms with Gasteiger partial charge in [0.2, 0.25) is 17.8 Å². The first-order valence-corrected chi connectivity index (χ1v) is 19.5. The number of rotatable bonds is 24. The highest BCUT2D eigenvalue weighted by molar-refractivity contribution is 5.95. The molecule has 2 aromatic heterocycles. The summed E-state index contributed by atoms with van der Waals surface area (Å²) in [5.41, 5.74) is 8.23. The van der Waals surface area contributed by atoms with Crippen molar-refractivity contribution in [1.29, 1.82) is 0 Å². The molecule has 58 heavy (non-hydrogen) atoms. The number of nitrogens with two attached hydrogens (primary N) is 1. The fourth-order valence-electron chi connectivity index (χ4n) is 5.60. The van der Waals surface area contributed by atoms with Crippen molar-refractivity contribution >= 4 is 52.2 Å². The lowest BCUT2D eigenvalue weighted by Gasteiger charge is -2.29. The van der Waals surface area contributed by atoms with Gasteiger partial charge in [0, 0.05) is 62.9 Å². The smallest absolute Gasteiger partial charge is 0.251 e. The van der Waals surface area contributed by atoms with Gasteiger partial charge in [0.25, 0.3) is 11.8 Å². The lowest BCUT2D eigenvalue weighted by molar-refractivity contribution is -0.123. The summed E-state index contributed by atoms with van der Waals surface area (Å²) in [4.78, 5) is 66.6. The molecule has 0 unspecified atom stereocenters. The summed E-state index contributed by atoms with van der Waals surface area (Å²) in [5, 5.41) is 17.6. The highest BCUT2D eigenvalue weighted by Gasteiger charge is 2.24. The van der Waals surface area contributed by atoms with Crippen LogP contribution in [0, 0.1) is 0 Å². The van der Waals surface area contributed by atoms with E-state index in [4.69, 9.17) is 15.2 Å². The summed E-state index contributed by atoms with van der Waals surface area (Å²) in [5.74, 6) is -0.00747. The molecule has 17 heteroatoms. The Morgan fingerprint density at radius 3 is 2.03 bits per heavy atom. The third kappa shape index (κ3) is 15.5. The number of nitrogen functional groups attached to an aromatic ring is 1. The Hall–Kier alpha value is -5.94. The average Bonchev–Trinajstić information content (AvgIpc) is 3.21. The number of fused-ring (bicyclic) bond motifs is 1. The second-order valence-corrected chi connectivity index (χ2v) is 14.8. The van der Waals surface area contributed by atoms with Gasteiger partial charge in [-0.3, -0.25) is 19.2 Å². The molecule has 4 aromatic rings. The van der Waals surface area contributed by atoms with E-state index >= 15 is 0 Å². The van der Waals surface area contributed by atoms with E-state index in [0.717, 1.165) is 5.69 Å². The van der Waals surface area contributed by atoms with Crippen LogP contribution in [0.4, 0.5) is 17.5 Å². The Kier molecular flexibility index (Phi) is 17.1. The summed E-state index contributed by atoms with van der Waals surface area (Å²) >= 11 is 0. The fraction of sp³-hybridized carbons (Fsp3) is 0.463. The van der Waals surface area contributed by atoms with Crippen molar-refractivity contribution < 1.29 is 28.7 Å². The zero-order chi connectivity index (χ0) is 42.0. The Bertz CT molecular complexity index is 1960. The number of ether oxygens (including phenoxy) is 2. The van der Waals surface area contributed by atoms with E-state index in [0.29, 0.717) is 105 Å². The molecule has 0 fully saturated rings. The van der Waals surface area contributed by atoms with Crippen molar-refractivity contribution in [1.82, 2.24) is 41.2 Å². The molecule has 2 aromatic carbocycles. The number of benzene rings is 2. The lowest BCUT2D eigenvalue weighted by Crippen LogP contribution is -2.36. The number of nitrogens with zero attached hydrogens (tertiary/aromatic N) is 4. The highest BCUT2D eigenvalue weighted by Crippen LogP contribution is 2.21. The predicted molar refractivity (Wildman–Crippen MR) is 223 cm³/mol. The van der Waals surface area contributed by atoms with Gasteiger partial charge in [-0.05, 0) is 83.4 Å². The lowest BCUT2D eigenvalue weighted by atomic mass is 10.0. The monoisotopic (exact) mass is 799 g/mol. The molecular weight excluding hydrogens is 743 g/mol. The average molecular weight is 800 g/mol. The van der Waals surface area contributed by atoms with E-state index in [2.05, 4.69) is 51.8 Å². The highest BCUT2D eigenvalue weighted by atomic mass is 16.5. The minimum atomic E-state index is -0.508. The fourth-order valence-corrected chi connectivity index (χ4v) is 5.60. The summed E-state index contributed by atoms with van der Waals surface area (Å²) in [6.45, 7) is 10.4. The van der Waals surface area contributed by atoms with Crippen molar-refractivity contribution in [2.24, 2.45) is 0 Å². The molecule has 0 saturated carbocycles. The molecule has 17 nitrogen and oxygen atoms in total. The number of hydrogen-bond donors (Lipinski definition) is 7. The van der Waals surface area contributed by atoms with Gasteiger partial charge < -0.3 is 47.1 Å². The Morgan fingerprint density at radius 1 is 0.690 bits per heavy atom. The zero-order valence-corrected chi connectivity index (χ0v) is 34.1. The maximum absolute atomic E-state index is 12.7. The molecule has 0 aliphatic carbocycles. The second-order valence-electron chi connectivity index (χ2n) is 14.8. The zero-order valence-electron chi connectivity index (χ0n) is 34.1. The van der Waals surface area contributed by atoms with Gasteiger partial charge in [-0.25, -0.2) is 9.97 Å². The van der Waals surface area contributed by atoms with Crippen LogP contribution in [-0.4, -0.2) is 101 Å². The molecule has 2 heterocycles. The normalized spacial score (nSPS) is 11.5. The SMILES string of the molecule is CNc1nc(N)nc2ncc(CNc3ccc(C(=O)NCCCC(=O)NCCOC(C)(C)CCOC(C)(C)CCC(=O)NCCNC(=O)c4ccccc4)cc3)nc12. The van der Waals surface area contributed by atoms with Gasteiger partial charge in [0.05, 0.1) is 42.9 Å². The van der Waals surface area contributed by atoms with E-state index in [1.807, 2.05) is 45.9 Å². The molecule has 8 N–H and O–H groups in total. The molecule has 0 atom stereocenters. The molecule has 4 amide bonds. The van der Waals surface area contributed by atoms with Crippen LogP contribution < -0.4 is 37.6 Å². The molecule has 0 aliphatic heterocycles. The summed E-state index contributed by atoms with van der Waals surface area (Å²) in [7, 11) is 1.72. The summed E-state index contributed by atoms with van der Waals surface area (Å²) in [6, 6.07) is 16.0. The molecule has 4 rings (SSSR count). The van der Waals surface area contributed by atoms with Crippen LogP contribution in [0.15, 0.2) is 60.8 Å². The van der Waals surface area contributed by atoms with Crippen LogP contribution in [0.3, 0.4) is 0 Å². The van der Waals surface area contributed by atoms with E-state index in [1.54, 1.807) is 49.6 Å². The van der Waals surface area contributed by atoms with Crippen LogP contribution in [-0.2, 0) is 25.6 Å². The number of amides is 4. The second kappa shape index (κ2) is 22.1. The number of carbonyl (C=O) groups is 4. The van der Waals surface area contributed by atoms with Crippen LogP contribution in [0.5, 0.6) is 0 Å². The van der Waals surface area contributed by atoms with E-state index < -0.39 is 11.2 Å². The van der Waals surface area contributed by atoms with Crippen LogP contribution in [0.25, 0.3) is 11.2 Å². The van der Waals surface area contributed by atoms with E-state index in [9.17, 15) is 19.2 Å². The number of hydrogen-bond acceptors (Lipinski definition) is 13. The quantitative estimate of drug-likeness (QED) is 0.0503. The van der Waals surface area contributed by atoms with Crippen molar-refractivity contribution in [2.75, 3.05) is 62.8 Å². The standard InChI is InChI=1S/C41H57N11O6/c1-40(2,18-17-33(54)44-21-22-47-37(55)28-10-7-6-8-11-28)57-24-19-41(3,4)58-25-23-45-32(53)12-9-20-46-38(56)29-13-15-30(16-14-29)48-26-31-27-49-36-34(50-31)35(43-5)51-39(42)52-36/h6-8,10-11,13-16,27,48H,9,12,17-26H2,1-5H3,(H,44,54)(H,45,53)(H,46,56)(H,47,55)(H3,42,43,49,51,52). The minimum absolute atomic E-state index is 0.101. The number of carbonyl (C=O) groups excluding carboxylic acids is 4. The molecular formula is C41H57N11O6. The molecule has 0 aliphatic rings. The summed E-state index contributed by atoms with van der Waals surface area (Å²) < 4.78 is 12.1. The Balaban J connectivity index is 1.01. The number of anilines is 3. The van der Waals surface area contributed by atoms with Crippen molar-refractivity contribution in [2.45, 2.75) is 77.5 Å². The Morgan fingerprint density at radius 2 is 1.31 bits per heavy atom. The first-order chi connectivity index (χ1) is 27.7. The molecule has 0 radical (unpaired) electrons. The van der Waals surface area contributed by atoms with E-state index in [1.165, 1.54) is 0 Å². The van der Waals surface area contributed by atoms with Gasteiger partial charge >= 0.3 is 0 Å². The van der Waals surface area contributed by atoms with Gasteiger partial charge in [-0.15, -0.1) is 0 Å². The molecule has 0 saturated heterocycles. The number of aromatic nitrogens is 4. The van der Waals surface area contributed by atoms with E-state index in [-0.39, 0.29) is 36.0 Å². The van der Waals surface area contributed by atoms with Gasteiger partial charge in [-0.1, -0.05) is 18.2 Å². The maximum Gasteiger partial charge on any atom is 0.251 e.